The summed E-state index contributed by atoms with van der Waals surface area (Å²) in [6, 6.07) is 16.6. The number of amides is 1. The van der Waals surface area contributed by atoms with Crippen LogP contribution in [-0.4, -0.2) is 17.7 Å². The fraction of sp³-hybridized carbons (Fsp3) is 0.0833. The average molecular weight is 471 g/mol. The van der Waals surface area contributed by atoms with Crippen LogP contribution >= 0.6 is 11.6 Å². The third-order valence-electron chi connectivity index (χ3n) is 5.17. The molecular formula is C24H14ClF3N2O3. The van der Waals surface area contributed by atoms with Gasteiger partial charge >= 0.3 is 6.18 Å². The number of pyridine rings is 1. The molecule has 0 bridgehead atoms. The number of hydrogen-bond donors (Lipinski definition) is 1. The Morgan fingerprint density at radius 2 is 1.76 bits per heavy atom. The molecule has 0 radical (unpaired) electrons. The molecule has 0 saturated carbocycles. The summed E-state index contributed by atoms with van der Waals surface area (Å²) in [5.74, 6) is 0.553. The normalized spacial score (nSPS) is 12.7. The smallest absolute Gasteiger partial charge is 0.416 e. The first-order valence-corrected chi connectivity index (χ1v) is 10.2. The first-order chi connectivity index (χ1) is 15.8. The minimum absolute atomic E-state index is 0.00861. The van der Waals surface area contributed by atoms with Crippen molar-refractivity contribution in [2.45, 2.75) is 6.18 Å². The number of hydrogen-bond acceptors (Lipinski definition) is 4. The fourth-order valence-electron chi connectivity index (χ4n) is 3.55. The summed E-state index contributed by atoms with van der Waals surface area (Å²) < 4.78 is 50.1. The molecule has 0 aliphatic carbocycles. The molecule has 0 atom stereocenters. The van der Waals surface area contributed by atoms with E-state index in [0.717, 1.165) is 18.2 Å². The van der Waals surface area contributed by atoms with E-state index in [0.29, 0.717) is 33.7 Å². The molecule has 5 nitrogen and oxygen atoms in total. The van der Waals surface area contributed by atoms with Gasteiger partial charge in [-0.15, -0.1) is 0 Å². The van der Waals surface area contributed by atoms with Gasteiger partial charge in [0.2, 0.25) is 6.79 Å². The van der Waals surface area contributed by atoms with Crippen LogP contribution in [0, 0.1) is 0 Å². The van der Waals surface area contributed by atoms with Crippen molar-refractivity contribution in [1.29, 1.82) is 0 Å². The van der Waals surface area contributed by atoms with E-state index in [1.165, 1.54) is 0 Å². The SMILES string of the molecule is O=C(Nc1cc(C(F)(F)F)ccc1Cl)c1cc(-c2ccc3c(c2)OCO3)nc2ccccc12. The van der Waals surface area contributed by atoms with E-state index in [1.807, 2.05) is 0 Å². The van der Waals surface area contributed by atoms with Crippen LogP contribution in [0.2, 0.25) is 5.02 Å². The van der Waals surface area contributed by atoms with Gasteiger partial charge in [-0.3, -0.25) is 4.79 Å². The summed E-state index contributed by atoms with van der Waals surface area (Å²) in [5, 5.41) is 3.04. The topological polar surface area (TPSA) is 60.5 Å². The van der Waals surface area contributed by atoms with Crippen LogP contribution in [0.1, 0.15) is 15.9 Å². The van der Waals surface area contributed by atoms with Gasteiger partial charge in [0.25, 0.3) is 5.91 Å². The maximum absolute atomic E-state index is 13.2. The molecule has 0 spiro atoms. The zero-order chi connectivity index (χ0) is 23.2. The summed E-state index contributed by atoms with van der Waals surface area (Å²) in [7, 11) is 0. The second-order valence-corrected chi connectivity index (χ2v) is 7.69. The zero-order valence-corrected chi connectivity index (χ0v) is 17.5. The molecule has 0 unspecified atom stereocenters. The molecule has 0 fully saturated rings. The molecule has 0 saturated heterocycles. The lowest BCUT2D eigenvalue weighted by atomic mass is 10.0. The molecule has 1 amide bonds. The van der Waals surface area contributed by atoms with E-state index < -0.39 is 17.6 Å². The van der Waals surface area contributed by atoms with Gasteiger partial charge in [0.05, 0.1) is 33.0 Å². The quantitative estimate of drug-likeness (QED) is 0.368. The molecule has 1 aliphatic rings. The number of benzene rings is 3. The third-order valence-corrected chi connectivity index (χ3v) is 5.50. The highest BCUT2D eigenvalue weighted by Gasteiger charge is 2.31. The van der Waals surface area contributed by atoms with Gasteiger partial charge in [-0.05, 0) is 48.5 Å². The molecule has 9 heteroatoms. The zero-order valence-electron chi connectivity index (χ0n) is 16.7. The lowest BCUT2D eigenvalue weighted by molar-refractivity contribution is -0.137. The molecule has 3 aromatic carbocycles. The molecule has 166 valence electrons. The Labute approximate surface area is 190 Å². The Morgan fingerprint density at radius 1 is 0.970 bits per heavy atom. The number of para-hydroxylation sites is 1. The average Bonchev–Trinajstić information content (AvgIpc) is 3.27. The summed E-state index contributed by atoms with van der Waals surface area (Å²) >= 11 is 6.06. The standard InChI is InChI=1S/C24H14ClF3N2O3/c25-17-7-6-14(24(26,27)28)10-20(17)30-23(31)16-11-19(29-18-4-2-1-3-15(16)18)13-5-8-21-22(9-13)33-12-32-21/h1-11H,12H2,(H,30,31). The number of nitrogens with one attached hydrogen (secondary N) is 1. The van der Waals surface area contributed by atoms with Crippen LogP contribution in [0.4, 0.5) is 18.9 Å². The van der Waals surface area contributed by atoms with Gasteiger partial charge in [-0.2, -0.15) is 13.2 Å². The van der Waals surface area contributed by atoms with E-state index in [9.17, 15) is 18.0 Å². The first-order valence-electron chi connectivity index (χ1n) is 9.77. The van der Waals surface area contributed by atoms with Gasteiger partial charge in [-0.25, -0.2) is 4.98 Å². The number of aromatic nitrogens is 1. The number of anilines is 1. The molecule has 1 N–H and O–H groups in total. The maximum atomic E-state index is 13.2. The van der Waals surface area contributed by atoms with E-state index >= 15 is 0 Å². The van der Waals surface area contributed by atoms with Gasteiger partial charge < -0.3 is 14.8 Å². The molecule has 4 aromatic rings. The first kappa shape index (κ1) is 21.1. The van der Waals surface area contributed by atoms with Gasteiger partial charge in [0, 0.05) is 10.9 Å². The molecule has 1 aliphatic heterocycles. The number of fused-ring (bicyclic) bond motifs is 2. The molecule has 2 heterocycles. The van der Waals surface area contributed by atoms with Crippen LogP contribution in [0.5, 0.6) is 11.5 Å². The van der Waals surface area contributed by atoms with Gasteiger partial charge in [0.15, 0.2) is 11.5 Å². The van der Waals surface area contributed by atoms with Crippen LogP contribution in [-0.2, 0) is 6.18 Å². The summed E-state index contributed by atoms with van der Waals surface area (Å²) in [5.41, 5.74) is 0.919. The highest BCUT2D eigenvalue weighted by atomic mass is 35.5. The number of nitrogens with zero attached hydrogens (tertiary/aromatic N) is 1. The largest absolute Gasteiger partial charge is 0.454 e. The summed E-state index contributed by atoms with van der Waals surface area (Å²) in [4.78, 5) is 17.8. The summed E-state index contributed by atoms with van der Waals surface area (Å²) in [6.45, 7) is 0.120. The number of carbonyl (C=O) groups is 1. The Bertz CT molecular complexity index is 1410. The molecule has 1 aromatic heterocycles. The minimum Gasteiger partial charge on any atom is -0.454 e. The predicted octanol–water partition coefficient (Wildman–Crippen LogP) is 6.56. The van der Waals surface area contributed by atoms with Gasteiger partial charge in [0.1, 0.15) is 0 Å². The van der Waals surface area contributed by atoms with Gasteiger partial charge in [-0.1, -0.05) is 29.8 Å². The van der Waals surface area contributed by atoms with Crippen LogP contribution in [0.3, 0.4) is 0 Å². The Balaban J connectivity index is 1.57. The number of alkyl halides is 3. The van der Waals surface area contributed by atoms with Crippen molar-refractivity contribution in [3.05, 3.63) is 82.9 Å². The lowest BCUT2D eigenvalue weighted by Gasteiger charge is -2.13. The highest BCUT2D eigenvalue weighted by Crippen LogP contribution is 2.37. The molecule has 33 heavy (non-hydrogen) atoms. The Hall–Kier alpha value is -3.78. The van der Waals surface area contributed by atoms with E-state index in [2.05, 4.69) is 10.3 Å². The van der Waals surface area contributed by atoms with Crippen molar-refractivity contribution < 1.29 is 27.4 Å². The number of ether oxygens (including phenoxy) is 2. The van der Waals surface area contributed by atoms with Crippen LogP contribution < -0.4 is 14.8 Å². The monoisotopic (exact) mass is 470 g/mol. The second-order valence-electron chi connectivity index (χ2n) is 7.29. The number of rotatable bonds is 3. The number of carbonyl (C=O) groups excluding carboxylic acids is 1. The Kier molecular flexibility index (Phi) is 5.09. The van der Waals surface area contributed by atoms with E-state index in [4.69, 9.17) is 21.1 Å². The minimum atomic E-state index is -4.57. The highest BCUT2D eigenvalue weighted by molar-refractivity contribution is 6.34. The Morgan fingerprint density at radius 3 is 2.58 bits per heavy atom. The van der Waals surface area contributed by atoms with Crippen molar-refractivity contribution in [2.24, 2.45) is 0 Å². The third kappa shape index (κ3) is 4.05. The van der Waals surface area contributed by atoms with E-state index in [1.54, 1.807) is 48.5 Å². The van der Waals surface area contributed by atoms with Crippen molar-refractivity contribution >= 4 is 34.1 Å². The lowest BCUT2D eigenvalue weighted by Crippen LogP contribution is -2.14. The van der Waals surface area contributed by atoms with Crippen LogP contribution in [0.15, 0.2) is 66.7 Å². The predicted molar refractivity (Wildman–Crippen MR) is 118 cm³/mol. The van der Waals surface area contributed by atoms with Crippen LogP contribution in [0.25, 0.3) is 22.2 Å². The van der Waals surface area contributed by atoms with Crippen molar-refractivity contribution in [3.63, 3.8) is 0 Å². The molecule has 5 rings (SSSR count). The summed E-state index contributed by atoms with van der Waals surface area (Å²) in [6.07, 6.45) is -4.57. The van der Waals surface area contributed by atoms with Crippen molar-refractivity contribution in [2.75, 3.05) is 12.1 Å². The van der Waals surface area contributed by atoms with Crippen molar-refractivity contribution in [1.82, 2.24) is 4.98 Å². The second kappa shape index (κ2) is 7.97. The maximum Gasteiger partial charge on any atom is 0.416 e. The van der Waals surface area contributed by atoms with E-state index in [-0.39, 0.29) is 23.1 Å². The fourth-order valence-corrected chi connectivity index (χ4v) is 3.72. The number of halogens is 4. The molecular weight excluding hydrogens is 457 g/mol. The van der Waals surface area contributed by atoms with Crippen molar-refractivity contribution in [3.8, 4) is 22.8 Å².